The molecule has 0 bridgehead atoms. The van der Waals surface area contributed by atoms with Crippen molar-refractivity contribution in [3.8, 4) is 17.1 Å². The first-order valence-electron chi connectivity index (χ1n) is 17.8. The summed E-state index contributed by atoms with van der Waals surface area (Å²) in [5.74, 6) is -3.22. The molecule has 3 rings (SSSR count). The number of nitrogens with zero attached hydrogens (tertiary/aromatic N) is 2. The Balaban J connectivity index is 1.48. The molecule has 0 spiro atoms. The Kier molecular flexibility index (Phi) is 17.2. The minimum absolute atomic E-state index is 0.135. The SMILES string of the molecule is CCCCCCCCCCCc1cnc(-c2ccc(C(=O)Oc3ccc(C(=O)OC(CCCCCCCC)C(F)(F)F)cc3F)cc2)nc1. The van der Waals surface area contributed by atoms with Gasteiger partial charge in [0.2, 0.25) is 0 Å². The second kappa shape index (κ2) is 21.3. The highest BCUT2D eigenvalue weighted by Crippen LogP contribution is 2.29. The number of rotatable bonds is 22. The predicted octanol–water partition coefficient (Wildman–Crippen LogP) is 11.4. The van der Waals surface area contributed by atoms with Crippen LogP contribution in [0.3, 0.4) is 0 Å². The Morgan fingerprint density at radius 2 is 1.22 bits per heavy atom. The Labute approximate surface area is 288 Å². The van der Waals surface area contributed by atoms with Gasteiger partial charge in [-0.1, -0.05) is 109 Å². The van der Waals surface area contributed by atoms with Crippen LogP contribution in [0.4, 0.5) is 17.6 Å². The van der Waals surface area contributed by atoms with Crippen LogP contribution in [0.2, 0.25) is 0 Å². The van der Waals surface area contributed by atoms with E-state index in [1.807, 2.05) is 19.3 Å². The lowest BCUT2D eigenvalue weighted by atomic mass is 10.1. The third-order valence-corrected chi connectivity index (χ3v) is 8.46. The molecule has 0 N–H and O–H groups in total. The molecule has 10 heteroatoms. The van der Waals surface area contributed by atoms with E-state index < -0.39 is 41.3 Å². The van der Waals surface area contributed by atoms with Gasteiger partial charge in [-0.05, 0) is 61.6 Å². The summed E-state index contributed by atoms with van der Waals surface area (Å²) >= 11 is 0. The summed E-state index contributed by atoms with van der Waals surface area (Å²) in [6, 6.07) is 9.09. The Morgan fingerprint density at radius 3 is 1.78 bits per heavy atom. The van der Waals surface area contributed by atoms with Crippen molar-refractivity contribution in [3.05, 3.63) is 77.4 Å². The van der Waals surface area contributed by atoms with Crippen molar-refractivity contribution in [2.45, 2.75) is 135 Å². The van der Waals surface area contributed by atoms with E-state index >= 15 is 0 Å². The number of carbonyl (C=O) groups excluding carboxylic acids is 2. The zero-order chi connectivity index (χ0) is 35.5. The van der Waals surface area contributed by atoms with Crippen molar-refractivity contribution in [1.29, 1.82) is 0 Å². The van der Waals surface area contributed by atoms with Gasteiger partial charge in [-0.15, -0.1) is 0 Å². The van der Waals surface area contributed by atoms with Crippen LogP contribution in [0.1, 0.15) is 143 Å². The van der Waals surface area contributed by atoms with Crippen LogP contribution in [0.25, 0.3) is 11.4 Å². The van der Waals surface area contributed by atoms with Crippen molar-refractivity contribution in [2.75, 3.05) is 0 Å². The summed E-state index contributed by atoms with van der Waals surface area (Å²) in [7, 11) is 0. The molecule has 1 heterocycles. The van der Waals surface area contributed by atoms with Gasteiger partial charge in [0.25, 0.3) is 0 Å². The molecule has 6 nitrogen and oxygen atoms in total. The Morgan fingerprint density at radius 1 is 0.694 bits per heavy atom. The second-order valence-electron chi connectivity index (χ2n) is 12.6. The molecule has 1 aromatic heterocycles. The number of carbonyl (C=O) groups is 2. The molecule has 0 aliphatic heterocycles. The van der Waals surface area contributed by atoms with Crippen LogP contribution in [0.15, 0.2) is 54.9 Å². The number of aryl methyl sites for hydroxylation is 1. The van der Waals surface area contributed by atoms with Gasteiger partial charge in [0, 0.05) is 18.0 Å². The highest BCUT2D eigenvalue weighted by Gasteiger charge is 2.42. The van der Waals surface area contributed by atoms with Gasteiger partial charge < -0.3 is 9.47 Å². The maximum atomic E-state index is 14.8. The first-order chi connectivity index (χ1) is 23.6. The van der Waals surface area contributed by atoms with Crippen molar-refractivity contribution >= 4 is 11.9 Å². The lowest BCUT2D eigenvalue weighted by Gasteiger charge is -2.20. The molecule has 49 heavy (non-hydrogen) atoms. The smallest absolute Gasteiger partial charge is 0.425 e. The summed E-state index contributed by atoms with van der Waals surface area (Å²) < 4.78 is 65.2. The normalized spacial score (nSPS) is 12.1. The van der Waals surface area contributed by atoms with Gasteiger partial charge in [-0.2, -0.15) is 13.2 Å². The number of halogens is 4. The fourth-order valence-corrected chi connectivity index (χ4v) is 5.49. The van der Waals surface area contributed by atoms with E-state index in [1.165, 1.54) is 63.5 Å². The van der Waals surface area contributed by atoms with Gasteiger partial charge in [0.1, 0.15) is 0 Å². The molecule has 3 aromatic rings. The molecule has 0 fully saturated rings. The first kappa shape index (κ1) is 39.6. The number of unbranched alkanes of at least 4 members (excludes halogenated alkanes) is 13. The highest BCUT2D eigenvalue weighted by atomic mass is 19.4. The van der Waals surface area contributed by atoms with Gasteiger partial charge in [-0.25, -0.2) is 23.9 Å². The second-order valence-corrected chi connectivity index (χ2v) is 12.6. The van der Waals surface area contributed by atoms with E-state index in [4.69, 9.17) is 9.47 Å². The predicted molar refractivity (Wildman–Crippen MR) is 183 cm³/mol. The molecular weight excluding hydrogens is 636 g/mol. The quantitative estimate of drug-likeness (QED) is 0.0453. The molecule has 1 unspecified atom stereocenters. The fourth-order valence-electron chi connectivity index (χ4n) is 5.49. The van der Waals surface area contributed by atoms with Crippen molar-refractivity contribution in [2.24, 2.45) is 0 Å². The number of ether oxygens (including phenoxy) is 2. The number of alkyl halides is 3. The largest absolute Gasteiger partial charge is 0.449 e. The van der Waals surface area contributed by atoms with Gasteiger partial charge in [-0.3, -0.25) is 0 Å². The van der Waals surface area contributed by atoms with Crippen LogP contribution >= 0.6 is 0 Å². The molecule has 2 aromatic carbocycles. The number of hydrogen-bond acceptors (Lipinski definition) is 6. The van der Waals surface area contributed by atoms with Crippen LogP contribution < -0.4 is 4.74 Å². The van der Waals surface area contributed by atoms with E-state index in [0.29, 0.717) is 23.9 Å². The van der Waals surface area contributed by atoms with E-state index in [-0.39, 0.29) is 18.4 Å². The fraction of sp³-hybridized carbons (Fsp3) is 0.538. The molecule has 0 radical (unpaired) electrons. The highest BCUT2D eigenvalue weighted by molar-refractivity contribution is 5.92. The minimum Gasteiger partial charge on any atom is -0.449 e. The Bertz CT molecular complexity index is 1410. The minimum atomic E-state index is -4.75. The lowest BCUT2D eigenvalue weighted by Crippen LogP contribution is -2.34. The summed E-state index contributed by atoms with van der Waals surface area (Å²) in [6.07, 6.45) is 13.2. The average molecular weight is 687 g/mol. The zero-order valence-corrected chi connectivity index (χ0v) is 28.8. The molecule has 0 aliphatic carbocycles. The third kappa shape index (κ3) is 14.3. The monoisotopic (exact) mass is 686 g/mol. The molecule has 0 saturated carbocycles. The average Bonchev–Trinajstić information content (AvgIpc) is 3.09. The van der Waals surface area contributed by atoms with Crippen LogP contribution in [0.5, 0.6) is 5.75 Å². The van der Waals surface area contributed by atoms with Crippen LogP contribution in [0, 0.1) is 5.82 Å². The van der Waals surface area contributed by atoms with Crippen molar-refractivity contribution < 1.29 is 36.6 Å². The number of hydrogen-bond donors (Lipinski definition) is 0. The molecule has 0 aliphatic rings. The standard InChI is InChI=1S/C39H50F4N2O4/c1-3-5-7-9-11-12-13-14-16-18-29-27-44-36(45-28-29)30-20-22-31(23-21-30)37(46)48-34-25-24-32(26-33(34)40)38(47)49-35(39(41,42)43)19-17-15-10-8-6-4-2/h20-28,35H,3-19H2,1-2H3. The van der Waals surface area contributed by atoms with E-state index in [2.05, 4.69) is 16.9 Å². The van der Waals surface area contributed by atoms with E-state index in [1.54, 1.807) is 12.1 Å². The van der Waals surface area contributed by atoms with Gasteiger partial charge in [0.05, 0.1) is 11.1 Å². The molecular formula is C39H50F4N2O4. The van der Waals surface area contributed by atoms with Crippen molar-refractivity contribution in [1.82, 2.24) is 9.97 Å². The summed E-state index contributed by atoms with van der Waals surface area (Å²) in [5.41, 5.74) is 1.48. The topological polar surface area (TPSA) is 78.4 Å². The number of benzene rings is 2. The van der Waals surface area contributed by atoms with Gasteiger partial charge in [0.15, 0.2) is 23.5 Å². The summed E-state index contributed by atoms with van der Waals surface area (Å²) in [4.78, 5) is 34.1. The van der Waals surface area contributed by atoms with Gasteiger partial charge >= 0.3 is 18.1 Å². The summed E-state index contributed by atoms with van der Waals surface area (Å²) in [6.45, 7) is 4.28. The van der Waals surface area contributed by atoms with E-state index in [0.717, 1.165) is 56.2 Å². The van der Waals surface area contributed by atoms with E-state index in [9.17, 15) is 27.2 Å². The molecule has 0 saturated heterocycles. The lowest BCUT2D eigenvalue weighted by molar-refractivity contribution is -0.206. The molecule has 1 atom stereocenters. The van der Waals surface area contributed by atoms with Crippen LogP contribution in [-0.4, -0.2) is 34.2 Å². The Hall–Kier alpha value is -3.82. The number of esters is 2. The van der Waals surface area contributed by atoms with Crippen LogP contribution in [-0.2, 0) is 11.2 Å². The van der Waals surface area contributed by atoms with Crippen molar-refractivity contribution in [3.63, 3.8) is 0 Å². The zero-order valence-electron chi connectivity index (χ0n) is 28.8. The molecule has 268 valence electrons. The summed E-state index contributed by atoms with van der Waals surface area (Å²) in [5, 5.41) is 0. The molecule has 0 amide bonds. The number of aromatic nitrogens is 2. The maximum absolute atomic E-state index is 14.8. The first-order valence-corrected chi connectivity index (χ1v) is 17.8. The maximum Gasteiger partial charge on any atom is 0.425 e. The third-order valence-electron chi connectivity index (χ3n) is 8.46.